The highest BCUT2D eigenvalue weighted by Gasteiger charge is 2.28. The van der Waals surface area contributed by atoms with Gasteiger partial charge in [-0.3, -0.25) is 0 Å². The summed E-state index contributed by atoms with van der Waals surface area (Å²) < 4.78 is 27.8. The zero-order chi connectivity index (χ0) is 13.9. The highest BCUT2D eigenvalue weighted by molar-refractivity contribution is 7.89. The minimum absolute atomic E-state index is 0.0843. The fraction of sp³-hybridized carbons (Fsp3) is 0.692. The topological polar surface area (TPSA) is 58.2 Å². The summed E-state index contributed by atoms with van der Waals surface area (Å²) in [5.74, 6) is 0.426. The van der Waals surface area contributed by atoms with Crippen LogP contribution in [0.5, 0.6) is 0 Å². The molecule has 2 rings (SSSR count). The van der Waals surface area contributed by atoms with Gasteiger partial charge in [0.05, 0.1) is 4.90 Å². The molecule has 1 aromatic rings. The molecule has 2 N–H and O–H groups in total. The third-order valence-electron chi connectivity index (χ3n) is 3.75. The first kappa shape index (κ1) is 15.0. The molecule has 0 aliphatic heterocycles. The van der Waals surface area contributed by atoms with Gasteiger partial charge in [0, 0.05) is 17.5 Å². The lowest BCUT2D eigenvalue weighted by Gasteiger charge is -2.29. The molecule has 1 aliphatic rings. The lowest BCUT2D eigenvalue weighted by atomic mass is 9.87. The van der Waals surface area contributed by atoms with E-state index < -0.39 is 10.0 Å². The molecular formula is C13H22N2O2S2. The van der Waals surface area contributed by atoms with Crippen LogP contribution < -0.4 is 10.0 Å². The quantitative estimate of drug-likeness (QED) is 0.877. The maximum Gasteiger partial charge on any atom is 0.241 e. The predicted octanol–water partition coefficient (Wildman–Crippen LogP) is 2.32. The third kappa shape index (κ3) is 3.56. The van der Waals surface area contributed by atoms with Crippen molar-refractivity contribution in [3.63, 3.8) is 0 Å². The lowest BCUT2D eigenvalue weighted by Crippen LogP contribution is -2.41. The van der Waals surface area contributed by atoms with Gasteiger partial charge in [-0.05, 0) is 37.3 Å². The Kier molecular flexibility index (Phi) is 5.00. The molecule has 0 spiro atoms. The van der Waals surface area contributed by atoms with Crippen LogP contribution in [0.3, 0.4) is 0 Å². The smallest absolute Gasteiger partial charge is 0.241 e. The van der Waals surface area contributed by atoms with E-state index in [1.807, 2.05) is 12.4 Å². The fourth-order valence-electron chi connectivity index (χ4n) is 2.61. The molecule has 108 valence electrons. The van der Waals surface area contributed by atoms with Gasteiger partial charge in [0.25, 0.3) is 0 Å². The third-order valence-corrected chi connectivity index (χ3v) is 6.37. The van der Waals surface area contributed by atoms with Crippen LogP contribution in [0.25, 0.3) is 0 Å². The van der Waals surface area contributed by atoms with Crippen molar-refractivity contribution < 1.29 is 8.42 Å². The normalized spacial score (nSPS) is 24.5. The minimum atomic E-state index is -3.38. The molecule has 0 radical (unpaired) electrons. The van der Waals surface area contributed by atoms with Crippen LogP contribution >= 0.6 is 11.3 Å². The lowest BCUT2D eigenvalue weighted by molar-refractivity contribution is 0.310. The SMILES string of the molecule is CNCc1sccc1S(=O)(=O)NC1CCCCC1C. The van der Waals surface area contributed by atoms with Gasteiger partial charge in [0.2, 0.25) is 10.0 Å². The Morgan fingerprint density at radius 1 is 1.37 bits per heavy atom. The van der Waals surface area contributed by atoms with E-state index >= 15 is 0 Å². The Bertz CT molecular complexity index is 510. The molecule has 0 amide bonds. The Hall–Kier alpha value is -0.430. The van der Waals surface area contributed by atoms with E-state index in [0.717, 1.165) is 24.1 Å². The molecule has 4 nitrogen and oxygen atoms in total. The second-order valence-electron chi connectivity index (χ2n) is 5.23. The van der Waals surface area contributed by atoms with Crippen molar-refractivity contribution in [1.82, 2.24) is 10.0 Å². The van der Waals surface area contributed by atoms with E-state index in [4.69, 9.17) is 0 Å². The Labute approximate surface area is 119 Å². The van der Waals surface area contributed by atoms with Crippen LogP contribution in [-0.4, -0.2) is 21.5 Å². The molecule has 0 saturated heterocycles. The predicted molar refractivity (Wildman–Crippen MR) is 78.8 cm³/mol. The summed E-state index contributed by atoms with van der Waals surface area (Å²) in [7, 11) is -1.56. The average Bonchev–Trinajstić information content (AvgIpc) is 2.81. The van der Waals surface area contributed by atoms with Gasteiger partial charge >= 0.3 is 0 Å². The van der Waals surface area contributed by atoms with Crippen molar-refractivity contribution in [3.05, 3.63) is 16.3 Å². The van der Waals surface area contributed by atoms with Gasteiger partial charge < -0.3 is 5.32 Å². The zero-order valence-electron chi connectivity index (χ0n) is 11.5. The first-order chi connectivity index (χ1) is 9.04. The molecule has 6 heteroatoms. The maximum absolute atomic E-state index is 12.5. The zero-order valence-corrected chi connectivity index (χ0v) is 13.1. The van der Waals surface area contributed by atoms with Crippen molar-refractivity contribution >= 4 is 21.4 Å². The monoisotopic (exact) mass is 302 g/mol. The summed E-state index contributed by atoms with van der Waals surface area (Å²) in [4.78, 5) is 1.31. The molecular weight excluding hydrogens is 280 g/mol. The van der Waals surface area contributed by atoms with Crippen LogP contribution in [0, 0.1) is 5.92 Å². The summed E-state index contributed by atoms with van der Waals surface area (Å²) in [6.45, 7) is 2.72. The average molecular weight is 302 g/mol. The standard InChI is InChI=1S/C13H22N2O2S2/c1-10-5-3-4-6-11(10)15-19(16,17)13-7-8-18-12(13)9-14-2/h7-8,10-11,14-15H,3-6,9H2,1-2H3. The van der Waals surface area contributed by atoms with Crippen molar-refractivity contribution in [2.45, 2.75) is 50.1 Å². The Morgan fingerprint density at radius 2 is 2.11 bits per heavy atom. The Morgan fingerprint density at radius 3 is 2.79 bits per heavy atom. The number of thiophene rings is 1. The highest BCUT2D eigenvalue weighted by Crippen LogP contribution is 2.27. The number of nitrogens with one attached hydrogen (secondary N) is 2. The molecule has 1 heterocycles. The van der Waals surface area contributed by atoms with Crippen molar-refractivity contribution in [2.75, 3.05) is 7.05 Å². The Balaban J connectivity index is 2.15. The summed E-state index contributed by atoms with van der Waals surface area (Å²) in [5, 5.41) is 4.85. The van der Waals surface area contributed by atoms with E-state index in [-0.39, 0.29) is 6.04 Å². The maximum atomic E-state index is 12.5. The molecule has 1 saturated carbocycles. The molecule has 0 bridgehead atoms. The van der Waals surface area contributed by atoms with E-state index in [1.54, 1.807) is 6.07 Å². The van der Waals surface area contributed by atoms with E-state index in [9.17, 15) is 8.42 Å². The van der Waals surface area contributed by atoms with Crippen LogP contribution in [0.1, 0.15) is 37.5 Å². The molecule has 1 aromatic heterocycles. The van der Waals surface area contributed by atoms with Gasteiger partial charge in [-0.2, -0.15) is 0 Å². The minimum Gasteiger partial charge on any atom is -0.315 e. The van der Waals surface area contributed by atoms with Gasteiger partial charge in [-0.15, -0.1) is 11.3 Å². The van der Waals surface area contributed by atoms with Crippen LogP contribution in [-0.2, 0) is 16.6 Å². The molecule has 1 aliphatic carbocycles. The van der Waals surface area contributed by atoms with E-state index in [2.05, 4.69) is 17.0 Å². The molecule has 19 heavy (non-hydrogen) atoms. The molecule has 1 fully saturated rings. The van der Waals surface area contributed by atoms with Gasteiger partial charge in [-0.25, -0.2) is 13.1 Å². The summed E-state index contributed by atoms with van der Waals surface area (Å²) in [5.41, 5.74) is 0. The van der Waals surface area contributed by atoms with Crippen molar-refractivity contribution in [1.29, 1.82) is 0 Å². The van der Waals surface area contributed by atoms with Gasteiger partial charge in [0.1, 0.15) is 0 Å². The van der Waals surface area contributed by atoms with Crippen LogP contribution in [0.15, 0.2) is 16.3 Å². The van der Waals surface area contributed by atoms with E-state index in [0.29, 0.717) is 17.4 Å². The fourth-order valence-corrected chi connectivity index (χ4v) is 5.45. The highest BCUT2D eigenvalue weighted by atomic mass is 32.2. The van der Waals surface area contributed by atoms with Crippen LogP contribution in [0.4, 0.5) is 0 Å². The van der Waals surface area contributed by atoms with Gasteiger partial charge in [0.15, 0.2) is 0 Å². The largest absolute Gasteiger partial charge is 0.315 e. The van der Waals surface area contributed by atoms with E-state index in [1.165, 1.54) is 17.8 Å². The molecule has 2 atom stereocenters. The second kappa shape index (κ2) is 6.35. The van der Waals surface area contributed by atoms with Crippen molar-refractivity contribution in [2.24, 2.45) is 5.92 Å². The first-order valence-corrected chi connectivity index (χ1v) is 9.14. The molecule has 2 unspecified atom stereocenters. The summed E-state index contributed by atoms with van der Waals surface area (Å²) >= 11 is 1.48. The number of sulfonamides is 1. The summed E-state index contributed by atoms with van der Waals surface area (Å²) in [6.07, 6.45) is 4.39. The number of hydrogen-bond donors (Lipinski definition) is 2. The second-order valence-corrected chi connectivity index (χ2v) is 7.91. The number of rotatable bonds is 5. The van der Waals surface area contributed by atoms with Crippen molar-refractivity contribution in [3.8, 4) is 0 Å². The van der Waals surface area contributed by atoms with Crippen LogP contribution in [0.2, 0.25) is 0 Å². The first-order valence-electron chi connectivity index (χ1n) is 6.78. The summed E-state index contributed by atoms with van der Waals surface area (Å²) in [6, 6.07) is 1.79. The number of hydrogen-bond acceptors (Lipinski definition) is 4. The van der Waals surface area contributed by atoms with Gasteiger partial charge in [-0.1, -0.05) is 19.8 Å². The molecule has 0 aromatic carbocycles.